The van der Waals surface area contributed by atoms with Crippen molar-refractivity contribution in [1.82, 2.24) is 0 Å². The Bertz CT molecular complexity index is 915. The van der Waals surface area contributed by atoms with Gasteiger partial charge in [0.15, 0.2) is 6.79 Å². The van der Waals surface area contributed by atoms with E-state index < -0.39 is 40.5 Å². The number of halogens is 3. The molecule has 1 aliphatic rings. The van der Waals surface area contributed by atoms with E-state index in [0.29, 0.717) is 29.1 Å². The maximum Gasteiger partial charge on any atom is 0.336 e. The van der Waals surface area contributed by atoms with E-state index in [1.165, 1.54) is 7.11 Å². The highest BCUT2D eigenvalue weighted by Gasteiger charge is 2.36. The highest BCUT2D eigenvalue weighted by Crippen LogP contribution is 2.41. The molecule has 0 bridgehead atoms. The Morgan fingerprint density at radius 1 is 1.13 bits per heavy atom. The second-order valence-corrected chi connectivity index (χ2v) is 8.09. The van der Waals surface area contributed by atoms with Crippen LogP contribution in [0.15, 0.2) is 11.1 Å². The predicted octanol–water partition coefficient (Wildman–Crippen LogP) is 3.37. The number of carbonyl (C=O) groups is 4. The van der Waals surface area contributed by atoms with Crippen molar-refractivity contribution in [2.24, 2.45) is 0 Å². The van der Waals surface area contributed by atoms with Gasteiger partial charge in [-0.3, -0.25) is 14.4 Å². The van der Waals surface area contributed by atoms with E-state index in [4.69, 9.17) is 32.7 Å². The Labute approximate surface area is 191 Å². The minimum atomic E-state index is -0.948. The summed E-state index contributed by atoms with van der Waals surface area (Å²) in [5.74, 6) is -3.92. The lowest BCUT2D eigenvalue weighted by molar-refractivity contribution is -0.150. The summed E-state index contributed by atoms with van der Waals surface area (Å²) in [7, 11) is 2.50. The molecule has 0 saturated carbocycles. The second-order valence-electron chi connectivity index (χ2n) is 6.38. The van der Waals surface area contributed by atoms with E-state index in [0.717, 1.165) is 7.11 Å². The van der Waals surface area contributed by atoms with Gasteiger partial charge in [-0.05, 0) is 25.7 Å². The summed E-state index contributed by atoms with van der Waals surface area (Å²) in [6.45, 7) is -0.310. The standard InChI is InChI=1S/C19H20Cl2FNO7S/c1-28-9-30-19(27)11-6-4-3-5-10(11)18(26)23(13(24)8-20)16-15(21)12(31-17(16)22)7-14(25)29-2/h3-9H2,1-2H3. The highest BCUT2D eigenvalue weighted by atomic mass is 35.5. The quantitative estimate of drug-likeness (QED) is 0.309. The maximum absolute atomic E-state index is 14.8. The molecule has 8 nitrogen and oxygen atoms in total. The molecule has 12 heteroatoms. The van der Waals surface area contributed by atoms with Gasteiger partial charge in [0, 0.05) is 23.1 Å². The minimum Gasteiger partial charge on any atom is -0.469 e. The molecule has 0 aromatic carbocycles. The van der Waals surface area contributed by atoms with Crippen LogP contribution >= 0.6 is 34.5 Å². The Balaban J connectivity index is 2.53. The molecule has 2 amide bonds. The Hall–Kier alpha value is -2.01. The zero-order chi connectivity index (χ0) is 23.1. The average molecular weight is 496 g/mol. The van der Waals surface area contributed by atoms with Gasteiger partial charge in [0.25, 0.3) is 5.91 Å². The van der Waals surface area contributed by atoms with Crippen LogP contribution < -0.4 is 4.90 Å². The van der Waals surface area contributed by atoms with Gasteiger partial charge in [-0.15, -0.1) is 22.9 Å². The molecule has 0 fully saturated rings. The molecule has 0 radical (unpaired) electrons. The molecule has 0 unspecified atom stereocenters. The van der Waals surface area contributed by atoms with Crippen LogP contribution in [0.25, 0.3) is 0 Å². The first-order valence-corrected chi connectivity index (χ1v) is 10.8. The number of anilines is 1. The molecule has 0 spiro atoms. The third-order valence-electron chi connectivity index (χ3n) is 4.45. The van der Waals surface area contributed by atoms with Crippen LogP contribution in [0.1, 0.15) is 30.6 Å². The number of alkyl halides is 1. The van der Waals surface area contributed by atoms with E-state index in [1.54, 1.807) is 0 Å². The molecule has 1 aliphatic carbocycles. The van der Waals surface area contributed by atoms with E-state index in [9.17, 15) is 23.6 Å². The summed E-state index contributed by atoms with van der Waals surface area (Å²) in [6.07, 6.45) is 1.30. The number of hydrogen-bond acceptors (Lipinski definition) is 8. The molecule has 170 valence electrons. The van der Waals surface area contributed by atoms with Gasteiger partial charge in [-0.1, -0.05) is 11.6 Å². The summed E-state index contributed by atoms with van der Waals surface area (Å²) in [6, 6.07) is 0. The third kappa shape index (κ3) is 5.82. The van der Waals surface area contributed by atoms with E-state index >= 15 is 0 Å². The summed E-state index contributed by atoms with van der Waals surface area (Å²) in [5, 5.41) is -1.23. The van der Waals surface area contributed by atoms with Crippen molar-refractivity contribution in [3.63, 3.8) is 0 Å². The van der Waals surface area contributed by atoms with E-state index in [1.807, 2.05) is 0 Å². The number of esters is 2. The predicted molar refractivity (Wildman–Crippen MR) is 112 cm³/mol. The summed E-state index contributed by atoms with van der Waals surface area (Å²) >= 11 is 12.4. The van der Waals surface area contributed by atoms with Gasteiger partial charge < -0.3 is 14.2 Å². The number of ether oxygens (including phenoxy) is 3. The summed E-state index contributed by atoms with van der Waals surface area (Å²) in [5.41, 5.74) is -0.409. The number of amides is 2. The van der Waals surface area contributed by atoms with E-state index in [2.05, 4.69) is 4.74 Å². The monoisotopic (exact) mass is 495 g/mol. The minimum absolute atomic E-state index is 0.0157. The molecule has 0 atom stereocenters. The molecular weight excluding hydrogens is 476 g/mol. The van der Waals surface area contributed by atoms with Crippen molar-refractivity contribution in [2.75, 3.05) is 31.8 Å². The lowest BCUT2D eigenvalue weighted by atomic mass is 9.90. The summed E-state index contributed by atoms with van der Waals surface area (Å²) in [4.78, 5) is 50.4. The molecule has 31 heavy (non-hydrogen) atoms. The molecule has 2 rings (SSSR count). The molecule has 1 aromatic rings. The molecule has 0 saturated heterocycles. The Morgan fingerprint density at radius 2 is 1.77 bits per heavy atom. The Morgan fingerprint density at radius 3 is 2.35 bits per heavy atom. The van der Waals surface area contributed by atoms with Crippen molar-refractivity contribution in [2.45, 2.75) is 32.1 Å². The van der Waals surface area contributed by atoms with Crippen LogP contribution in [0.5, 0.6) is 0 Å². The topological polar surface area (TPSA) is 99.2 Å². The van der Waals surface area contributed by atoms with Crippen molar-refractivity contribution < 1.29 is 37.8 Å². The van der Waals surface area contributed by atoms with Crippen molar-refractivity contribution in [1.29, 1.82) is 0 Å². The number of thiophene rings is 1. The average Bonchev–Trinajstić information content (AvgIpc) is 3.04. The number of rotatable bonds is 8. The largest absolute Gasteiger partial charge is 0.469 e. The molecule has 1 heterocycles. The van der Waals surface area contributed by atoms with Crippen molar-refractivity contribution >= 4 is 64.0 Å². The lowest BCUT2D eigenvalue weighted by Gasteiger charge is -2.25. The van der Waals surface area contributed by atoms with Gasteiger partial charge in [-0.25, -0.2) is 9.69 Å². The zero-order valence-corrected chi connectivity index (χ0v) is 19.1. The van der Waals surface area contributed by atoms with Gasteiger partial charge in [-0.2, -0.15) is 4.39 Å². The highest BCUT2D eigenvalue weighted by molar-refractivity contribution is 7.11. The lowest BCUT2D eigenvalue weighted by Crippen LogP contribution is -2.40. The fourth-order valence-electron chi connectivity index (χ4n) is 3.02. The SMILES string of the molecule is COCOC(=O)C1=C(C(=O)N(C(=O)CCl)c2c(F)sc(CC(=O)OC)c2Cl)CCCC1. The number of hydrogen-bond donors (Lipinski definition) is 0. The fraction of sp³-hybridized carbons (Fsp3) is 0.474. The molecule has 0 aliphatic heterocycles. The summed E-state index contributed by atoms with van der Waals surface area (Å²) < 4.78 is 29.0. The maximum atomic E-state index is 14.8. The van der Waals surface area contributed by atoms with Crippen LogP contribution in [0, 0.1) is 5.13 Å². The zero-order valence-electron chi connectivity index (χ0n) is 16.8. The molecular formula is C19H20Cl2FNO7S. The van der Waals surface area contributed by atoms with Crippen molar-refractivity contribution in [3.8, 4) is 0 Å². The van der Waals surface area contributed by atoms with Gasteiger partial charge in [0.1, 0.15) is 11.6 Å². The first-order chi connectivity index (χ1) is 14.8. The number of nitrogens with zero attached hydrogens (tertiary/aromatic N) is 1. The molecule has 0 N–H and O–H groups in total. The fourth-order valence-corrected chi connectivity index (χ4v) is 4.43. The van der Waals surface area contributed by atoms with Crippen LogP contribution in [-0.4, -0.2) is 50.6 Å². The Kier molecular flexibility index (Phi) is 9.42. The number of carbonyl (C=O) groups excluding carboxylic acids is 4. The van der Waals surface area contributed by atoms with Gasteiger partial charge >= 0.3 is 11.9 Å². The van der Waals surface area contributed by atoms with E-state index in [-0.39, 0.29) is 47.1 Å². The van der Waals surface area contributed by atoms with Crippen LogP contribution in [0.3, 0.4) is 0 Å². The molecule has 1 aromatic heterocycles. The third-order valence-corrected chi connectivity index (χ3v) is 6.17. The number of imide groups is 1. The van der Waals surface area contributed by atoms with Crippen LogP contribution in [-0.2, 0) is 39.8 Å². The van der Waals surface area contributed by atoms with Crippen LogP contribution in [0.2, 0.25) is 5.02 Å². The smallest absolute Gasteiger partial charge is 0.336 e. The van der Waals surface area contributed by atoms with Crippen LogP contribution in [0.4, 0.5) is 10.1 Å². The van der Waals surface area contributed by atoms with Crippen molar-refractivity contribution in [3.05, 3.63) is 26.2 Å². The normalized spacial score (nSPS) is 13.7. The number of methoxy groups -OCH3 is 2. The first-order valence-electron chi connectivity index (χ1n) is 9.11. The first kappa shape index (κ1) is 25.3. The van der Waals surface area contributed by atoms with Gasteiger partial charge in [0.05, 0.1) is 18.6 Å². The second kappa shape index (κ2) is 11.6. The van der Waals surface area contributed by atoms with Gasteiger partial charge in [0.2, 0.25) is 11.0 Å².